The Morgan fingerprint density at radius 3 is 2.61 bits per heavy atom. The molecule has 3 aromatic rings. The van der Waals surface area contributed by atoms with E-state index in [0.29, 0.717) is 21.5 Å². The Morgan fingerprint density at radius 1 is 1.18 bits per heavy atom. The van der Waals surface area contributed by atoms with Gasteiger partial charge in [0.05, 0.1) is 23.2 Å². The van der Waals surface area contributed by atoms with Crippen LogP contribution in [0.25, 0.3) is 22.4 Å². The van der Waals surface area contributed by atoms with Gasteiger partial charge in [-0.2, -0.15) is 5.26 Å². The summed E-state index contributed by atoms with van der Waals surface area (Å²) >= 11 is 3.38. The van der Waals surface area contributed by atoms with E-state index in [2.05, 4.69) is 22.0 Å². The van der Waals surface area contributed by atoms with E-state index in [9.17, 15) is 10.1 Å². The highest BCUT2D eigenvalue weighted by atomic mass is 79.9. The second-order valence-corrected chi connectivity index (χ2v) is 6.80. The van der Waals surface area contributed by atoms with Gasteiger partial charge in [-0.05, 0) is 62.1 Å². The molecule has 0 aliphatic rings. The molecule has 5 nitrogen and oxygen atoms in total. The number of carboxylic acid groups (broad SMARTS) is 1. The Morgan fingerprint density at radius 2 is 1.93 bits per heavy atom. The summed E-state index contributed by atoms with van der Waals surface area (Å²) < 4.78 is 11.1. The third kappa shape index (κ3) is 4.33. The SMILES string of the molecule is COc1cc(/C=C(/C#N)c2ccc3ccccc3c2)cc(Br)c1OCC(=O)O. The summed E-state index contributed by atoms with van der Waals surface area (Å²) in [5, 5.41) is 20.6. The average molecular weight is 438 g/mol. The molecule has 0 bridgehead atoms. The Labute approximate surface area is 170 Å². The van der Waals surface area contributed by atoms with Crippen LogP contribution in [0.3, 0.4) is 0 Å². The van der Waals surface area contributed by atoms with E-state index in [1.165, 1.54) is 7.11 Å². The first-order valence-corrected chi connectivity index (χ1v) is 9.14. The molecule has 6 heteroatoms. The van der Waals surface area contributed by atoms with Crippen LogP contribution in [0, 0.1) is 11.3 Å². The molecule has 0 aliphatic heterocycles. The first-order valence-electron chi connectivity index (χ1n) is 8.35. The number of aliphatic carboxylic acids is 1. The molecule has 140 valence electrons. The minimum absolute atomic E-state index is 0.297. The summed E-state index contributed by atoms with van der Waals surface area (Å²) in [4.78, 5) is 10.8. The highest BCUT2D eigenvalue weighted by Gasteiger charge is 2.13. The van der Waals surface area contributed by atoms with Crippen molar-refractivity contribution in [3.63, 3.8) is 0 Å². The summed E-state index contributed by atoms with van der Waals surface area (Å²) in [6.45, 7) is -0.481. The van der Waals surface area contributed by atoms with Crippen LogP contribution in [0.15, 0.2) is 59.1 Å². The third-order valence-electron chi connectivity index (χ3n) is 4.08. The van der Waals surface area contributed by atoms with Gasteiger partial charge in [-0.1, -0.05) is 36.4 Å². The van der Waals surface area contributed by atoms with Gasteiger partial charge < -0.3 is 14.6 Å². The van der Waals surface area contributed by atoms with Gasteiger partial charge in [0.1, 0.15) is 0 Å². The number of carboxylic acids is 1. The zero-order valence-corrected chi connectivity index (χ0v) is 16.6. The molecule has 0 unspecified atom stereocenters. The van der Waals surface area contributed by atoms with E-state index < -0.39 is 12.6 Å². The van der Waals surface area contributed by atoms with Crippen molar-refractivity contribution in [2.75, 3.05) is 13.7 Å². The van der Waals surface area contributed by atoms with Gasteiger partial charge in [0.2, 0.25) is 0 Å². The van der Waals surface area contributed by atoms with E-state index in [-0.39, 0.29) is 0 Å². The summed E-state index contributed by atoms with van der Waals surface area (Å²) in [6, 6.07) is 19.5. The summed E-state index contributed by atoms with van der Waals surface area (Å²) in [5.74, 6) is -0.412. The van der Waals surface area contributed by atoms with Crippen LogP contribution in [0.1, 0.15) is 11.1 Å². The van der Waals surface area contributed by atoms with Gasteiger partial charge in [0, 0.05) is 0 Å². The van der Waals surface area contributed by atoms with Gasteiger partial charge in [0.25, 0.3) is 0 Å². The number of nitriles is 1. The van der Waals surface area contributed by atoms with Crippen molar-refractivity contribution >= 4 is 44.3 Å². The van der Waals surface area contributed by atoms with Crippen LogP contribution in [-0.4, -0.2) is 24.8 Å². The molecular weight excluding hydrogens is 422 g/mol. The highest BCUT2D eigenvalue weighted by molar-refractivity contribution is 9.10. The average Bonchev–Trinajstić information content (AvgIpc) is 2.70. The van der Waals surface area contributed by atoms with Gasteiger partial charge >= 0.3 is 5.97 Å². The monoisotopic (exact) mass is 437 g/mol. The molecule has 0 saturated carbocycles. The molecule has 0 heterocycles. The molecule has 0 saturated heterocycles. The number of fused-ring (bicyclic) bond motifs is 1. The zero-order chi connectivity index (χ0) is 20.1. The molecule has 1 N–H and O–H groups in total. The Bertz CT molecular complexity index is 1120. The molecule has 0 amide bonds. The van der Waals surface area contributed by atoms with Crippen LogP contribution in [0.5, 0.6) is 11.5 Å². The molecule has 3 rings (SSSR count). The number of methoxy groups -OCH3 is 1. The molecular formula is C22H16BrNO4. The fourth-order valence-electron chi connectivity index (χ4n) is 2.80. The molecule has 0 aromatic heterocycles. The van der Waals surface area contributed by atoms with E-state index in [1.807, 2.05) is 42.5 Å². The quantitative estimate of drug-likeness (QED) is 0.426. The number of halogens is 1. The van der Waals surface area contributed by atoms with Crippen LogP contribution in [-0.2, 0) is 4.79 Å². The number of benzene rings is 3. The first kappa shape index (κ1) is 19.5. The number of hydrogen-bond donors (Lipinski definition) is 1. The van der Waals surface area contributed by atoms with E-state index in [4.69, 9.17) is 14.6 Å². The number of allylic oxidation sites excluding steroid dienone is 1. The van der Waals surface area contributed by atoms with Crippen LogP contribution in [0.2, 0.25) is 0 Å². The lowest BCUT2D eigenvalue weighted by atomic mass is 10.00. The van der Waals surface area contributed by atoms with Crippen molar-refractivity contribution in [3.8, 4) is 17.6 Å². The lowest BCUT2D eigenvalue weighted by Gasteiger charge is -2.12. The summed E-state index contributed by atoms with van der Waals surface area (Å²) in [6.07, 6.45) is 1.75. The molecule has 0 spiro atoms. The van der Waals surface area contributed by atoms with Crippen molar-refractivity contribution in [1.29, 1.82) is 5.26 Å². The van der Waals surface area contributed by atoms with Gasteiger partial charge in [0.15, 0.2) is 18.1 Å². The maximum atomic E-state index is 10.8. The number of carbonyl (C=O) groups is 1. The van der Waals surface area contributed by atoms with Gasteiger partial charge in [-0.25, -0.2) is 4.79 Å². The van der Waals surface area contributed by atoms with Gasteiger partial charge in [-0.3, -0.25) is 0 Å². The third-order valence-corrected chi connectivity index (χ3v) is 4.67. The largest absolute Gasteiger partial charge is 0.493 e. The molecule has 0 radical (unpaired) electrons. The fraction of sp³-hybridized carbons (Fsp3) is 0.0909. The number of hydrogen-bond acceptors (Lipinski definition) is 4. The molecule has 0 atom stereocenters. The van der Waals surface area contributed by atoms with Crippen LogP contribution < -0.4 is 9.47 Å². The van der Waals surface area contributed by atoms with Crippen molar-refractivity contribution in [2.24, 2.45) is 0 Å². The van der Waals surface area contributed by atoms with Crippen LogP contribution in [0.4, 0.5) is 0 Å². The maximum Gasteiger partial charge on any atom is 0.341 e. The molecule has 0 aliphatic carbocycles. The van der Waals surface area contributed by atoms with Crippen molar-refractivity contribution < 1.29 is 19.4 Å². The fourth-order valence-corrected chi connectivity index (χ4v) is 3.37. The number of ether oxygens (including phenoxy) is 2. The molecule has 28 heavy (non-hydrogen) atoms. The van der Waals surface area contributed by atoms with Crippen molar-refractivity contribution in [3.05, 3.63) is 70.2 Å². The Kier molecular flexibility index (Phi) is 5.97. The summed E-state index contributed by atoms with van der Waals surface area (Å²) in [7, 11) is 1.47. The maximum absolute atomic E-state index is 10.8. The lowest BCUT2D eigenvalue weighted by Crippen LogP contribution is -2.10. The van der Waals surface area contributed by atoms with Gasteiger partial charge in [-0.15, -0.1) is 0 Å². The molecule has 3 aromatic carbocycles. The normalized spacial score (nSPS) is 11.1. The minimum Gasteiger partial charge on any atom is -0.493 e. The Balaban J connectivity index is 2.00. The van der Waals surface area contributed by atoms with Crippen molar-refractivity contribution in [2.45, 2.75) is 0 Å². The van der Waals surface area contributed by atoms with Crippen LogP contribution >= 0.6 is 15.9 Å². The summed E-state index contributed by atoms with van der Waals surface area (Å²) in [5.41, 5.74) is 2.03. The first-order chi connectivity index (χ1) is 13.5. The van der Waals surface area contributed by atoms with Crippen molar-refractivity contribution in [1.82, 2.24) is 0 Å². The number of rotatable bonds is 6. The molecule has 0 fully saturated rings. The zero-order valence-electron chi connectivity index (χ0n) is 15.0. The second kappa shape index (κ2) is 8.59. The van der Waals surface area contributed by atoms with E-state index >= 15 is 0 Å². The smallest absolute Gasteiger partial charge is 0.341 e. The predicted octanol–water partition coefficient (Wildman–Crippen LogP) is 5.14. The van der Waals surface area contributed by atoms with E-state index in [0.717, 1.165) is 21.9 Å². The minimum atomic E-state index is -1.08. The standard InChI is InChI=1S/C22H16BrNO4/c1-27-20-10-14(9-19(23)22(20)28-13-21(25)26)8-18(12-24)17-7-6-15-4-2-3-5-16(15)11-17/h2-11H,13H2,1H3,(H,25,26)/b18-8-. The Hall–Kier alpha value is -3.30. The highest BCUT2D eigenvalue weighted by Crippen LogP contribution is 2.37. The predicted molar refractivity (Wildman–Crippen MR) is 111 cm³/mol. The number of nitrogens with zero attached hydrogens (tertiary/aromatic N) is 1. The van der Waals surface area contributed by atoms with E-state index in [1.54, 1.807) is 18.2 Å². The topological polar surface area (TPSA) is 79.5 Å². The lowest BCUT2D eigenvalue weighted by molar-refractivity contribution is -0.139. The second-order valence-electron chi connectivity index (χ2n) is 5.95.